The lowest BCUT2D eigenvalue weighted by Crippen LogP contribution is -2.09. The molecule has 4 rings (SSSR count). The molecule has 0 radical (unpaired) electrons. The van der Waals surface area contributed by atoms with Crippen molar-refractivity contribution in [2.45, 2.75) is 12.8 Å². The first-order valence-corrected chi connectivity index (χ1v) is 9.07. The van der Waals surface area contributed by atoms with Crippen molar-refractivity contribution in [3.05, 3.63) is 89.3 Å². The molecule has 5 heteroatoms. The summed E-state index contributed by atoms with van der Waals surface area (Å²) in [5, 5.41) is 0. The maximum atomic E-state index is 12.8. The summed E-state index contributed by atoms with van der Waals surface area (Å²) in [5.74, 6) is 1.52. The van der Waals surface area contributed by atoms with Crippen LogP contribution in [0.1, 0.15) is 27.2 Å². The Bertz CT molecular complexity index is 1030. The van der Waals surface area contributed by atoms with Crippen LogP contribution >= 0.6 is 0 Å². The zero-order valence-electron chi connectivity index (χ0n) is 15.3. The summed E-state index contributed by atoms with van der Waals surface area (Å²) in [6.45, 7) is 0.260. The molecule has 0 atom stereocenters. The zero-order valence-corrected chi connectivity index (χ0v) is 15.3. The molecule has 0 unspecified atom stereocenters. The van der Waals surface area contributed by atoms with Crippen LogP contribution in [0.5, 0.6) is 11.5 Å². The van der Waals surface area contributed by atoms with E-state index in [1.807, 2.05) is 60.7 Å². The van der Waals surface area contributed by atoms with Gasteiger partial charge in [-0.3, -0.25) is 9.78 Å². The Morgan fingerprint density at radius 2 is 1.96 bits per heavy atom. The van der Waals surface area contributed by atoms with Gasteiger partial charge in [-0.15, -0.1) is 0 Å². The second kappa shape index (κ2) is 7.96. The van der Waals surface area contributed by atoms with Gasteiger partial charge in [0.2, 0.25) is 6.79 Å². The van der Waals surface area contributed by atoms with Crippen molar-refractivity contribution >= 4 is 17.5 Å². The molecule has 140 valence electrons. The number of pyridine rings is 1. The molecule has 0 aliphatic carbocycles. The molecule has 5 nitrogen and oxygen atoms in total. The number of benzene rings is 2. The van der Waals surface area contributed by atoms with E-state index in [1.54, 1.807) is 12.3 Å². The minimum Gasteiger partial charge on any atom is -0.454 e. The van der Waals surface area contributed by atoms with Crippen LogP contribution in [0.15, 0.2) is 66.9 Å². The van der Waals surface area contributed by atoms with E-state index in [-0.39, 0.29) is 19.0 Å². The number of Topliss-reactive ketones (excluding diaryl/α,β-unsaturated/α-hetero) is 1. The van der Waals surface area contributed by atoms with Gasteiger partial charge < -0.3 is 15.2 Å². The van der Waals surface area contributed by atoms with Gasteiger partial charge in [0.15, 0.2) is 17.3 Å². The number of allylic oxidation sites excluding steroid dienone is 1. The maximum Gasteiger partial charge on any atom is 0.231 e. The summed E-state index contributed by atoms with van der Waals surface area (Å²) in [7, 11) is 0. The molecule has 0 saturated carbocycles. The third kappa shape index (κ3) is 4.04. The molecular weight excluding hydrogens is 352 g/mol. The van der Waals surface area contributed by atoms with E-state index in [1.165, 1.54) is 0 Å². The van der Waals surface area contributed by atoms with E-state index in [9.17, 15) is 4.79 Å². The Kier molecular flexibility index (Phi) is 5.06. The van der Waals surface area contributed by atoms with Gasteiger partial charge in [0, 0.05) is 23.1 Å². The fourth-order valence-corrected chi connectivity index (χ4v) is 3.13. The Balaban J connectivity index is 1.50. The van der Waals surface area contributed by atoms with Crippen molar-refractivity contribution in [3.63, 3.8) is 0 Å². The zero-order chi connectivity index (χ0) is 19.3. The predicted molar refractivity (Wildman–Crippen MR) is 108 cm³/mol. The van der Waals surface area contributed by atoms with Gasteiger partial charge in [-0.1, -0.05) is 30.4 Å². The highest BCUT2D eigenvalue weighted by Gasteiger charge is 2.14. The molecule has 0 spiro atoms. The molecule has 1 aromatic heterocycles. The van der Waals surface area contributed by atoms with Gasteiger partial charge in [-0.2, -0.15) is 0 Å². The number of hydrogen-bond acceptors (Lipinski definition) is 5. The number of anilines is 1. The summed E-state index contributed by atoms with van der Waals surface area (Å²) in [4.78, 5) is 17.0. The van der Waals surface area contributed by atoms with E-state index >= 15 is 0 Å². The van der Waals surface area contributed by atoms with Crippen molar-refractivity contribution in [1.82, 2.24) is 4.98 Å². The lowest BCUT2D eigenvalue weighted by molar-refractivity contribution is 0.0991. The highest BCUT2D eigenvalue weighted by Crippen LogP contribution is 2.32. The number of nitrogens with two attached hydrogens (primary N) is 1. The van der Waals surface area contributed by atoms with Crippen LogP contribution in [-0.2, 0) is 12.8 Å². The third-order valence-corrected chi connectivity index (χ3v) is 4.55. The van der Waals surface area contributed by atoms with Gasteiger partial charge in [-0.25, -0.2) is 0 Å². The molecule has 2 aromatic carbocycles. The number of nitrogens with zero attached hydrogens (tertiary/aromatic N) is 1. The fraction of sp³-hybridized carbons (Fsp3) is 0.130. The number of carbonyl (C=O) groups excluding carboxylic acids is 1. The number of ether oxygens (including phenoxy) is 2. The molecule has 2 heterocycles. The largest absolute Gasteiger partial charge is 0.454 e. The van der Waals surface area contributed by atoms with Crippen molar-refractivity contribution < 1.29 is 14.3 Å². The average Bonchev–Trinajstić information content (AvgIpc) is 3.17. The number of fused-ring (bicyclic) bond motifs is 1. The van der Waals surface area contributed by atoms with Gasteiger partial charge in [0.25, 0.3) is 0 Å². The van der Waals surface area contributed by atoms with Crippen LogP contribution in [0.4, 0.5) is 5.69 Å². The predicted octanol–water partition coefficient (Wildman–Crippen LogP) is 4.07. The van der Waals surface area contributed by atoms with Crippen LogP contribution in [-0.4, -0.2) is 17.6 Å². The minimum absolute atomic E-state index is 0.0116. The van der Waals surface area contributed by atoms with Crippen LogP contribution in [0.25, 0.3) is 6.08 Å². The van der Waals surface area contributed by atoms with E-state index < -0.39 is 0 Å². The summed E-state index contributed by atoms with van der Waals surface area (Å²) >= 11 is 0. The standard InChI is InChI=1S/C23H20N2O3/c24-18-9-8-17(20(13-18)21(26)14-19-6-1-2-11-25-19)5-3-4-16-7-10-22-23(12-16)28-15-27-22/h1-4,6-13H,5,14-15,24H2/b4-3+. The van der Waals surface area contributed by atoms with Crippen LogP contribution in [0.2, 0.25) is 0 Å². The third-order valence-electron chi connectivity index (χ3n) is 4.55. The first-order valence-electron chi connectivity index (χ1n) is 9.07. The van der Waals surface area contributed by atoms with Crippen LogP contribution in [0, 0.1) is 0 Å². The van der Waals surface area contributed by atoms with Crippen LogP contribution in [0.3, 0.4) is 0 Å². The second-order valence-corrected chi connectivity index (χ2v) is 6.56. The second-order valence-electron chi connectivity index (χ2n) is 6.56. The molecule has 1 aliphatic rings. The molecule has 2 N–H and O–H groups in total. The van der Waals surface area contributed by atoms with E-state index in [2.05, 4.69) is 4.98 Å². The number of nitrogen functional groups attached to an aromatic ring is 1. The van der Waals surface area contributed by atoms with Crippen molar-refractivity contribution in [2.75, 3.05) is 12.5 Å². The monoisotopic (exact) mass is 372 g/mol. The first-order chi connectivity index (χ1) is 13.7. The molecule has 1 aliphatic heterocycles. The quantitative estimate of drug-likeness (QED) is 0.521. The van der Waals surface area contributed by atoms with E-state index in [0.717, 1.165) is 28.3 Å². The minimum atomic E-state index is 0.0116. The van der Waals surface area contributed by atoms with Crippen LogP contribution < -0.4 is 15.2 Å². The maximum absolute atomic E-state index is 12.8. The lowest BCUT2D eigenvalue weighted by Gasteiger charge is -2.08. The molecule has 3 aromatic rings. The Morgan fingerprint density at radius 1 is 1.07 bits per heavy atom. The highest BCUT2D eigenvalue weighted by molar-refractivity contribution is 5.99. The SMILES string of the molecule is Nc1ccc(C/C=C/c2ccc3c(c2)OCO3)c(C(=O)Cc2ccccn2)c1. The number of hydrogen-bond donors (Lipinski definition) is 1. The summed E-state index contributed by atoms with van der Waals surface area (Å²) in [6.07, 6.45) is 6.60. The Morgan fingerprint density at radius 3 is 2.82 bits per heavy atom. The van der Waals surface area contributed by atoms with E-state index in [4.69, 9.17) is 15.2 Å². The number of carbonyl (C=O) groups is 1. The van der Waals surface area contributed by atoms with Crippen molar-refractivity contribution in [1.29, 1.82) is 0 Å². The van der Waals surface area contributed by atoms with E-state index in [0.29, 0.717) is 17.7 Å². The summed E-state index contributed by atoms with van der Waals surface area (Å²) in [6, 6.07) is 16.8. The van der Waals surface area contributed by atoms with Gasteiger partial charge >= 0.3 is 0 Å². The fourth-order valence-electron chi connectivity index (χ4n) is 3.13. The summed E-state index contributed by atoms with van der Waals surface area (Å²) in [5.41, 5.74) is 9.83. The number of aromatic nitrogens is 1. The number of rotatable bonds is 6. The van der Waals surface area contributed by atoms with Gasteiger partial charge in [0.1, 0.15) is 0 Å². The van der Waals surface area contributed by atoms with Gasteiger partial charge in [-0.05, 0) is 53.9 Å². The first kappa shape index (κ1) is 17.8. The summed E-state index contributed by atoms with van der Waals surface area (Å²) < 4.78 is 10.7. The normalized spacial score (nSPS) is 12.4. The molecule has 0 amide bonds. The average molecular weight is 372 g/mol. The molecule has 28 heavy (non-hydrogen) atoms. The Labute approximate surface area is 163 Å². The number of ketones is 1. The van der Waals surface area contributed by atoms with Crippen molar-refractivity contribution in [2.24, 2.45) is 0 Å². The Hall–Kier alpha value is -3.60. The lowest BCUT2D eigenvalue weighted by atomic mass is 9.97. The smallest absolute Gasteiger partial charge is 0.231 e. The van der Waals surface area contributed by atoms with Gasteiger partial charge in [0.05, 0.1) is 6.42 Å². The topological polar surface area (TPSA) is 74.4 Å². The van der Waals surface area contributed by atoms with Crippen molar-refractivity contribution in [3.8, 4) is 11.5 Å². The molecule has 0 saturated heterocycles. The molecular formula is C23H20N2O3. The molecule has 0 bridgehead atoms. The highest BCUT2D eigenvalue weighted by atomic mass is 16.7. The molecule has 0 fully saturated rings.